The van der Waals surface area contributed by atoms with Crippen molar-refractivity contribution in [1.29, 1.82) is 0 Å². The molecule has 0 amide bonds. The first-order valence-corrected chi connectivity index (χ1v) is 5.72. The van der Waals surface area contributed by atoms with Crippen LogP contribution in [0.4, 0.5) is 0 Å². The highest BCUT2D eigenvalue weighted by molar-refractivity contribution is 5.90. The second-order valence-corrected chi connectivity index (χ2v) is 4.03. The molecule has 1 aromatic heterocycles. The summed E-state index contributed by atoms with van der Waals surface area (Å²) in [5.41, 5.74) is 2.18. The maximum absolute atomic E-state index is 11.1. The SMILES string of the molecule is C=CCCOc1nc2c(cc1C(=O)O)CCC2. The lowest BCUT2D eigenvalue weighted by atomic mass is 10.1. The van der Waals surface area contributed by atoms with E-state index in [1.165, 1.54) is 0 Å². The summed E-state index contributed by atoms with van der Waals surface area (Å²) in [5, 5.41) is 9.11. The number of hydrogen-bond donors (Lipinski definition) is 1. The zero-order chi connectivity index (χ0) is 12.3. The van der Waals surface area contributed by atoms with Crippen LogP contribution in [0.5, 0.6) is 5.88 Å². The molecule has 0 unspecified atom stereocenters. The number of rotatable bonds is 5. The van der Waals surface area contributed by atoms with E-state index < -0.39 is 5.97 Å². The first kappa shape index (κ1) is 11.6. The van der Waals surface area contributed by atoms with Crippen LogP contribution in [0.25, 0.3) is 0 Å². The second-order valence-electron chi connectivity index (χ2n) is 4.03. The van der Waals surface area contributed by atoms with Crippen LogP contribution in [0.1, 0.15) is 34.5 Å². The Bertz CT molecular complexity index is 454. The van der Waals surface area contributed by atoms with Crippen molar-refractivity contribution >= 4 is 5.97 Å². The largest absolute Gasteiger partial charge is 0.477 e. The highest BCUT2D eigenvalue weighted by Crippen LogP contribution is 2.26. The molecular weight excluding hydrogens is 218 g/mol. The van der Waals surface area contributed by atoms with E-state index in [1.807, 2.05) is 0 Å². The van der Waals surface area contributed by atoms with Crippen LogP contribution in [0.3, 0.4) is 0 Å². The van der Waals surface area contributed by atoms with Crippen LogP contribution in [-0.2, 0) is 12.8 Å². The van der Waals surface area contributed by atoms with Crippen LogP contribution in [-0.4, -0.2) is 22.7 Å². The maximum Gasteiger partial charge on any atom is 0.341 e. The van der Waals surface area contributed by atoms with Gasteiger partial charge in [0.15, 0.2) is 0 Å². The first-order chi connectivity index (χ1) is 8.22. The van der Waals surface area contributed by atoms with E-state index in [9.17, 15) is 4.79 Å². The number of hydrogen-bond acceptors (Lipinski definition) is 3. The maximum atomic E-state index is 11.1. The van der Waals surface area contributed by atoms with Gasteiger partial charge in [-0.15, -0.1) is 6.58 Å². The fourth-order valence-electron chi connectivity index (χ4n) is 1.96. The summed E-state index contributed by atoms with van der Waals surface area (Å²) in [6.07, 6.45) is 5.27. The smallest absolute Gasteiger partial charge is 0.341 e. The van der Waals surface area contributed by atoms with Gasteiger partial charge < -0.3 is 9.84 Å². The molecule has 1 aliphatic carbocycles. The quantitative estimate of drug-likeness (QED) is 0.625. The Morgan fingerprint density at radius 1 is 1.59 bits per heavy atom. The average Bonchev–Trinajstić information content (AvgIpc) is 2.75. The van der Waals surface area contributed by atoms with E-state index in [2.05, 4.69) is 11.6 Å². The molecule has 0 bridgehead atoms. The molecule has 0 aliphatic heterocycles. The summed E-state index contributed by atoms with van der Waals surface area (Å²) in [7, 11) is 0. The summed E-state index contributed by atoms with van der Waals surface area (Å²) in [5.74, 6) is -0.749. The van der Waals surface area contributed by atoms with Crippen LogP contribution in [0, 0.1) is 0 Å². The number of fused-ring (bicyclic) bond motifs is 1. The number of carboxylic acids is 1. The zero-order valence-electron chi connectivity index (χ0n) is 9.61. The van der Waals surface area contributed by atoms with E-state index in [1.54, 1.807) is 12.1 Å². The Hall–Kier alpha value is -1.84. The molecule has 4 nitrogen and oxygen atoms in total. The summed E-state index contributed by atoms with van der Waals surface area (Å²) in [4.78, 5) is 15.4. The van der Waals surface area contributed by atoms with Crippen molar-refractivity contribution in [2.24, 2.45) is 0 Å². The number of nitrogens with zero attached hydrogens (tertiary/aromatic N) is 1. The lowest BCUT2D eigenvalue weighted by Gasteiger charge is -2.09. The predicted octanol–water partition coefficient (Wildman–Crippen LogP) is 2.22. The van der Waals surface area contributed by atoms with Gasteiger partial charge >= 0.3 is 5.97 Å². The topological polar surface area (TPSA) is 59.4 Å². The van der Waals surface area contributed by atoms with Crippen LogP contribution in [0.15, 0.2) is 18.7 Å². The van der Waals surface area contributed by atoms with Gasteiger partial charge in [0.05, 0.1) is 6.61 Å². The minimum absolute atomic E-state index is 0.162. The fourth-order valence-corrected chi connectivity index (χ4v) is 1.96. The third-order valence-corrected chi connectivity index (χ3v) is 2.81. The second kappa shape index (κ2) is 4.99. The third kappa shape index (κ3) is 2.46. The standard InChI is InChI=1S/C13H15NO3/c1-2-3-7-17-12-10(13(15)16)8-9-5-4-6-11(9)14-12/h2,8H,1,3-7H2,(H,15,16). The van der Waals surface area contributed by atoms with Crippen LogP contribution in [0.2, 0.25) is 0 Å². The molecule has 4 heteroatoms. The molecule has 1 aromatic rings. The number of aromatic carboxylic acids is 1. The van der Waals surface area contributed by atoms with E-state index in [4.69, 9.17) is 9.84 Å². The lowest BCUT2D eigenvalue weighted by Crippen LogP contribution is -2.08. The molecule has 2 rings (SSSR count). The normalized spacial score (nSPS) is 13.2. The van der Waals surface area contributed by atoms with Gasteiger partial charge in [-0.1, -0.05) is 6.08 Å². The summed E-state index contributed by atoms with van der Waals surface area (Å²) < 4.78 is 5.40. The van der Waals surface area contributed by atoms with E-state index in [0.717, 1.165) is 30.5 Å². The van der Waals surface area contributed by atoms with Gasteiger partial charge in [0.1, 0.15) is 5.56 Å². The van der Waals surface area contributed by atoms with Gasteiger partial charge in [0.2, 0.25) is 5.88 Å². The van der Waals surface area contributed by atoms with Crippen molar-refractivity contribution in [3.8, 4) is 5.88 Å². The molecule has 0 aromatic carbocycles. The van der Waals surface area contributed by atoms with Crippen molar-refractivity contribution in [2.75, 3.05) is 6.61 Å². The number of carboxylic acid groups (broad SMARTS) is 1. The molecular formula is C13H15NO3. The third-order valence-electron chi connectivity index (χ3n) is 2.81. The highest BCUT2D eigenvalue weighted by atomic mass is 16.5. The Kier molecular flexibility index (Phi) is 3.42. The van der Waals surface area contributed by atoms with Crippen LogP contribution >= 0.6 is 0 Å². The molecule has 0 radical (unpaired) electrons. The summed E-state index contributed by atoms with van der Waals surface area (Å²) >= 11 is 0. The Labute approximate surface area is 99.9 Å². The Balaban J connectivity index is 2.28. The summed E-state index contributed by atoms with van der Waals surface area (Å²) in [6, 6.07) is 1.70. The van der Waals surface area contributed by atoms with Crippen LogP contribution < -0.4 is 4.74 Å². The Morgan fingerprint density at radius 3 is 3.12 bits per heavy atom. The molecule has 90 valence electrons. The predicted molar refractivity (Wildman–Crippen MR) is 63.5 cm³/mol. The first-order valence-electron chi connectivity index (χ1n) is 5.72. The number of pyridine rings is 1. The molecule has 0 saturated heterocycles. The summed E-state index contributed by atoms with van der Waals surface area (Å²) in [6.45, 7) is 4.00. The van der Waals surface area contributed by atoms with Crippen molar-refractivity contribution in [1.82, 2.24) is 4.98 Å². The number of ether oxygens (including phenoxy) is 1. The minimum Gasteiger partial charge on any atom is -0.477 e. The highest BCUT2D eigenvalue weighted by Gasteiger charge is 2.20. The van der Waals surface area contributed by atoms with Crippen molar-refractivity contribution < 1.29 is 14.6 Å². The molecule has 17 heavy (non-hydrogen) atoms. The van der Waals surface area contributed by atoms with Crippen molar-refractivity contribution in [2.45, 2.75) is 25.7 Å². The van der Waals surface area contributed by atoms with Gasteiger partial charge in [-0.2, -0.15) is 0 Å². The van der Waals surface area contributed by atoms with Gasteiger partial charge in [-0.05, 0) is 37.3 Å². The Morgan fingerprint density at radius 2 is 2.41 bits per heavy atom. The average molecular weight is 233 g/mol. The van der Waals surface area contributed by atoms with Gasteiger partial charge in [-0.25, -0.2) is 9.78 Å². The van der Waals surface area contributed by atoms with Crippen molar-refractivity contribution in [3.63, 3.8) is 0 Å². The molecule has 1 heterocycles. The molecule has 0 saturated carbocycles. The van der Waals surface area contributed by atoms with Gasteiger partial charge in [-0.3, -0.25) is 0 Å². The monoisotopic (exact) mass is 233 g/mol. The number of aromatic nitrogens is 1. The minimum atomic E-state index is -0.985. The fraction of sp³-hybridized carbons (Fsp3) is 0.385. The van der Waals surface area contributed by atoms with E-state index in [0.29, 0.717) is 13.0 Å². The molecule has 0 fully saturated rings. The van der Waals surface area contributed by atoms with Crippen molar-refractivity contribution in [3.05, 3.63) is 35.5 Å². The number of carbonyl (C=O) groups is 1. The van der Waals surface area contributed by atoms with Gasteiger partial charge in [0.25, 0.3) is 0 Å². The lowest BCUT2D eigenvalue weighted by molar-refractivity contribution is 0.0691. The van der Waals surface area contributed by atoms with Gasteiger partial charge in [0, 0.05) is 5.69 Å². The molecule has 1 N–H and O–H groups in total. The molecule has 0 atom stereocenters. The molecule has 0 spiro atoms. The number of aryl methyl sites for hydroxylation is 2. The zero-order valence-corrected chi connectivity index (χ0v) is 9.61. The molecule has 1 aliphatic rings. The van der Waals surface area contributed by atoms with E-state index >= 15 is 0 Å². The van der Waals surface area contributed by atoms with E-state index in [-0.39, 0.29) is 11.4 Å².